The highest BCUT2D eigenvalue weighted by atomic mass is 79.9. The summed E-state index contributed by atoms with van der Waals surface area (Å²) in [5, 5.41) is 39.4. The summed E-state index contributed by atoms with van der Waals surface area (Å²) in [7, 11) is 0. The van der Waals surface area contributed by atoms with Gasteiger partial charge in [-0.15, -0.1) is 0 Å². The van der Waals surface area contributed by atoms with Gasteiger partial charge in [0.05, 0.1) is 17.6 Å². The van der Waals surface area contributed by atoms with Gasteiger partial charge in [0.1, 0.15) is 42.0 Å². The largest absolute Gasteiger partial charge is 0.463 e. The lowest BCUT2D eigenvalue weighted by atomic mass is 9.99. The molecule has 2 heterocycles. The Labute approximate surface area is 179 Å². The highest BCUT2D eigenvalue weighted by molar-refractivity contribution is 9.10. The van der Waals surface area contributed by atoms with E-state index in [9.17, 15) is 25.2 Å². The summed E-state index contributed by atoms with van der Waals surface area (Å²) in [5.41, 5.74) is 1.19. The van der Waals surface area contributed by atoms with Gasteiger partial charge in [-0.25, -0.2) is 0 Å². The summed E-state index contributed by atoms with van der Waals surface area (Å²) in [6.07, 6.45) is -5.60. The maximum Gasteiger partial charge on any atom is 0.229 e. The van der Waals surface area contributed by atoms with Gasteiger partial charge in [0.2, 0.25) is 6.29 Å². The van der Waals surface area contributed by atoms with E-state index in [1.165, 1.54) is 24.5 Å². The number of rotatable bonds is 4. The van der Waals surface area contributed by atoms with Crippen LogP contribution in [0.25, 0.3) is 22.1 Å². The van der Waals surface area contributed by atoms with E-state index in [2.05, 4.69) is 15.9 Å². The second-order valence-corrected chi connectivity index (χ2v) is 7.87. The highest BCUT2D eigenvalue weighted by Gasteiger charge is 2.44. The zero-order valence-electron chi connectivity index (χ0n) is 15.5. The summed E-state index contributed by atoms with van der Waals surface area (Å²) in [6, 6.07) is 11.8. The molecule has 0 saturated carbocycles. The Kier molecular flexibility index (Phi) is 5.92. The lowest BCUT2D eigenvalue weighted by Crippen LogP contribution is -2.60. The molecule has 1 saturated heterocycles. The zero-order valence-corrected chi connectivity index (χ0v) is 17.1. The van der Waals surface area contributed by atoms with Crippen molar-refractivity contribution in [1.82, 2.24) is 0 Å². The molecule has 0 amide bonds. The number of benzene rings is 2. The molecule has 4 N–H and O–H groups in total. The van der Waals surface area contributed by atoms with Crippen molar-refractivity contribution in [3.05, 3.63) is 63.4 Å². The normalized spacial score (nSPS) is 26.6. The summed E-state index contributed by atoms with van der Waals surface area (Å²) >= 11 is 3.36. The van der Waals surface area contributed by atoms with Gasteiger partial charge in [-0.05, 0) is 29.8 Å². The monoisotopic (exact) mass is 478 g/mol. The first-order valence-corrected chi connectivity index (χ1v) is 9.97. The van der Waals surface area contributed by atoms with Crippen LogP contribution in [0.4, 0.5) is 0 Å². The summed E-state index contributed by atoms with van der Waals surface area (Å²) in [4.78, 5) is 12.9. The number of halogens is 1. The highest BCUT2D eigenvalue weighted by Crippen LogP contribution is 2.27. The molecule has 9 heteroatoms. The van der Waals surface area contributed by atoms with Crippen molar-refractivity contribution in [2.75, 3.05) is 6.61 Å². The fraction of sp³-hybridized carbons (Fsp3) is 0.286. The van der Waals surface area contributed by atoms with E-state index < -0.39 is 37.3 Å². The summed E-state index contributed by atoms with van der Waals surface area (Å²) in [6.45, 7) is -0.559. The van der Waals surface area contributed by atoms with Gasteiger partial charge in [-0.3, -0.25) is 4.79 Å². The molecule has 30 heavy (non-hydrogen) atoms. The Bertz CT molecular complexity index is 1090. The summed E-state index contributed by atoms with van der Waals surface area (Å²) in [5.74, 6) is 0.214. The number of aliphatic hydroxyl groups excluding tert-OH is 4. The fourth-order valence-electron chi connectivity index (χ4n) is 3.31. The topological polar surface area (TPSA) is 130 Å². The Morgan fingerprint density at radius 1 is 1.00 bits per heavy atom. The number of fused-ring (bicyclic) bond motifs is 1. The lowest BCUT2D eigenvalue weighted by Gasteiger charge is -2.39. The molecule has 2 aromatic carbocycles. The number of hydrogen-bond donors (Lipinski definition) is 4. The van der Waals surface area contributed by atoms with Crippen LogP contribution >= 0.6 is 15.9 Å². The van der Waals surface area contributed by atoms with E-state index in [1.54, 1.807) is 12.1 Å². The molecule has 4 rings (SSSR count). The van der Waals surface area contributed by atoms with E-state index in [0.717, 1.165) is 10.0 Å². The van der Waals surface area contributed by atoms with Crippen molar-refractivity contribution >= 4 is 26.9 Å². The van der Waals surface area contributed by atoms with Gasteiger partial charge in [0.25, 0.3) is 0 Å². The predicted molar refractivity (Wildman–Crippen MR) is 110 cm³/mol. The van der Waals surface area contributed by atoms with E-state index in [0.29, 0.717) is 10.9 Å². The first kappa shape index (κ1) is 21.0. The third kappa shape index (κ3) is 3.87. The second kappa shape index (κ2) is 8.46. The first-order valence-electron chi connectivity index (χ1n) is 9.17. The molecular formula is C21H19BrO8. The number of hydrogen-bond acceptors (Lipinski definition) is 8. The van der Waals surface area contributed by atoms with E-state index in [-0.39, 0.29) is 16.8 Å². The Morgan fingerprint density at radius 3 is 2.43 bits per heavy atom. The molecule has 0 aliphatic carbocycles. The van der Waals surface area contributed by atoms with Gasteiger partial charge in [-0.1, -0.05) is 28.1 Å². The van der Waals surface area contributed by atoms with Crippen molar-refractivity contribution in [2.45, 2.75) is 30.7 Å². The van der Waals surface area contributed by atoms with Crippen LogP contribution in [0.15, 0.2) is 62.4 Å². The van der Waals surface area contributed by atoms with Crippen molar-refractivity contribution in [2.24, 2.45) is 0 Å². The molecule has 1 aromatic heterocycles. The molecule has 158 valence electrons. The molecule has 0 spiro atoms. The van der Waals surface area contributed by atoms with Crippen LogP contribution in [0.2, 0.25) is 0 Å². The van der Waals surface area contributed by atoms with Crippen LogP contribution < -0.4 is 10.2 Å². The average Bonchev–Trinajstić information content (AvgIpc) is 2.75. The SMILES string of the molecule is O=c1c(-c2ccc(Br)cc2)coc2cc(O[C@H]3O[C@@H](CO)[C@@H](O)[C@@H](O)[C@H]3O)ccc12. The molecule has 0 radical (unpaired) electrons. The molecule has 1 aliphatic heterocycles. The Morgan fingerprint density at radius 2 is 1.73 bits per heavy atom. The first-order chi connectivity index (χ1) is 14.4. The van der Waals surface area contributed by atoms with Crippen molar-refractivity contribution in [3.63, 3.8) is 0 Å². The van der Waals surface area contributed by atoms with Crippen LogP contribution in [0, 0.1) is 0 Å². The van der Waals surface area contributed by atoms with Crippen LogP contribution in [0.3, 0.4) is 0 Å². The van der Waals surface area contributed by atoms with Crippen LogP contribution in [0.1, 0.15) is 0 Å². The average molecular weight is 479 g/mol. The molecule has 1 aliphatic rings. The Balaban J connectivity index is 1.62. The van der Waals surface area contributed by atoms with Crippen molar-refractivity contribution < 1.29 is 34.3 Å². The van der Waals surface area contributed by atoms with E-state index in [1.807, 2.05) is 12.1 Å². The molecular weight excluding hydrogens is 460 g/mol. The number of aliphatic hydroxyl groups is 4. The summed E-state index contributed by atoms with van der Waals surface area (Å²) < 4.78 is 17.4. The molecule has 0 bridgehead atoms. The minimum Gasteiger partial charge on any atom is -0.463 e. The third-order valence-corrected chi connectivity index (χ3v) is 5.53. The minimum absolute atomic E-state index is 0.210. The zero-order chi connectivity index (χ0) is 21.4. The van der Waals surface area contributed by atoms with Crippen molar-refractivity contribution in [3.8, 4) is 16.9 Å². The molecule has 8 nitrogen and oxygen atoms in total. The van der Waals surface area contributed by atoms with Crippen LogP contribution in [0.5, 0.6) is 5.75 Å². The van der Waals surface area contributed by atoms with E-state index >= 15 is 0 Å². The maximum absolute atomic E-state index is 12.9. The van der Waals surface area contributed by atoms with Gasteiger partial charge in [0, 0.05) is 10.5 Å². The third-order valence-electron chi connectivity index (χ3n) is 5.00. The fourth-order valence-corrected chi connectivity index (χ4v) is 3.57. The lowest BCUT2D eigenvalue weighted by molar-refractivity contribution is -0.277. The van der Waals surface area contributed by atoms with Crippen molar-refractivity contribution in [1.29, 1.82) is 0 Å². The van der Waals surface area contributed by atoms with Crippen LogP contribution in [-0.2, 0) is 4.74 Å². The quantitative estimate of drug-likeness (QED) is 0.442. The minimum atomic E-state index is -1.55. The molecule has 3 aromatic rings. The van der Waals surface area contributed by atoms with E-state index in [4.69, 9.17) is 13.9 Å². The maximum atomic E-state index is 12.9. The second-order valence-electron chi connectivity index (χ2n) is 6.96. The van der Waals surface area contributed by atoms with Gasteiger partial charge in [-0.2, -0.15) is 0 Å². The Hall–Kier alpha value is -2.27. The standard InChI is InChI=1S/C21H19BrO8/c22-11-3-1-10(2-4-11)14-9-28-15-7-12(5-6-13(15)17(14)24)29-21-20(27)19(26)18(25)16(8-23)30-21/h1-7,9,16,18-21,23,25-27H,8H2/t16-,18+,19+,20+,21-/m0/s1. The molecule has 1 fully saturated rings. The smallest absolute Gasteiger partial charge is 0.229 e. The van der Waals surface area contributed by atoms with Gasteiger partial charge >= 0.3 is 0 Å². The number of ether oxygens (including phenoxy) is 2. The van der Waals surface area contributed by atoms with Gasteiger partial charge in [0.15, 0.2) is 5.43 Å². The molecule has 0 unspecified atom stereocenters. The molecule has 5 atom stereocenters. The predicted octanol–water partition coefficient (Wildman–Crippen LogP) is 1.40. The van der Waals surface area contributed by atoms with Gasteiger partial charge < -0.3 is 34.3 Å². The van der Waals surface area contributed by atoms with Crippen LogP contribution in [-0.4, -0.2) is 57.7 Å².